The summed E-state index contributed by atoms with van der Waals surface area (Å²) in [5.74, 6) is -0.226. The van der Waals surface area contributed by atoms with Gasteiger partial charge < -0.3 is 4.74 Å². The smallest absolute Gasteiger partial charge is 0.412 e. The molecule has 1 aromatic carbocycles. The molecular weight excluding hydrogens is 316 g/mol. The Balaban J connectivity index is 0.00000151. The summed E-state index contributed by atoms with van der Waals surface area (Å²) in [6.45, 7) is 10.7. The molecule has 134 valence electrons. The van der Waals surface area contributed by atoms with Crippen molar-refractivity contribution in [3.8, 4) is 11.1 Å². The summed E-state index contributed by atoms with van der Waals surface area (Å²) in [6.07, 6.45) is 0.999. The van der Waals surface area contributed by atoms with E-state index in [1.54, 1.807) is 33.0 Å². The molecule has 0 radical (unpaired) electrons. The summed E-state index contributed by atoms with van der Waals surface area (Å²) < 4.78 is 5.23. The summed E-state index contributed by atoms with van der Waals surface area (Å²) in [4.78, 5) is 27.9. The number of amides is 1. The lowest BCUT2D eigenvalue weighted by atomic mass is 10.1. The van der Waals surface area contributed by atoms with E-state index >= 15 is 0 Å². The minimum atomic E-state index is -0.620. The van der Waals surface area contributed by atoms with Crippen LogP contribution in [0.3, 0.4) is 0 Å². The van der Waals surface area contributed by atoms with E-state index in [1.165, 1.54) is 6.92 Å². The van der Waals surface area contributed by atoms with Gasteiger partial charge in [-0.2, -0.15) is 0 Å². The Labute approximate surface area is 149 Å². The van der Waals surface area contributed by atoms with Crippen LogP contribution in [0, 0.1) is 0 Å². The first kappa shape index (κ1) is 20.4. The van der Waals surface area contributed by atoms with Gasteiger partial charge in [0.1, 0.15) is 11.3 Å². The van der Waals surface area contributed by atoms with E-state index in [1.807, 2.05) is 44.2 Å². The van der Waals surface area contributed by atoms with Crippen molar-refractivity contribution in [2.75, 3.05) is 5.32 Å². The number of anilines is 1. The van der Waals surface area contributed by atoms with E-state index in [0.29, 0.717) is 5.69 Å². The molecule has 1 aromatic heterocycles. The second-order valence-electron chi connectivity index (χ2n) is 6.17. The number of hydrogen-bond acceptors (Lipinski definition) is 4. The predicted molar refractivity (Wildman–Crippen MR) is 101 cm³/mol. The number of pyridine rings is 1. The molecule has 2 aromatic rings. The van der Waals surface area contributed by atoms with Gasteiger partial charge in [-0.1, -0.05) is 44.2 Å². The number of aromatic nitrogens is 1. The summed E-state index contributed by atoms with van der Waals surface area (Å²) in [5, 5.41) is 2.61. The van der Waals surface area contributed by atoms with Crippen molar-refractivity contribution in [2.24, 2.45) is 0 Å². The molecule has 5 nitrogen and oxygen atoms in total. The molecular formula is C20H26N2O3. The number of ketones is 1. The number of rotatable bonds is 3. The maximum absolute atomic E-state index is 12.0. The van der Waals surface area contributed by atoms with Gasteiger partial charge in [0.05, 0.1) is 5.69 Å². The van der Waals surface area contributed by atoms with E-state index in [2.05, 4.69) is 10.3 Å². The van der Waals surface area contributed by atoms with Crippen molar-refractivity contribution >= 4 is 17.6 Å². The van der Waals surface area contributed by atoms with Crippen molar-refractivity contribution < 1.29 is 14.3 Å². The van der Waals surface area contributed by atoms with Crippen LogP contribution in [0.5, 0.6) is 0 Å². The lowest BCUT2D eigenvalue weighted by Gasteiger charge is -2.20. The van der Waals surface area contributed by atoms with E-state index < -0.39 is 11.7 Å². The monoisotopic (exact) mass is 342 g/mol. The molecule has 0 saturated heterocycles. The van der Waals surface area contributed by atoms with Crippen LogP contribution in [0.4, 0.5) is 10.5 Å². The van der Waals surface area contributed by atoms with Gasteiger partial charge in [0.25, 0.3) is 0 Å². The van der Waals surface area contributed by atoms with Gasteiger partial charge in [0, 0.05) is 18.7 Å². The number of hydrogen-bond donors (Lipinski definition) is 1. The normalized spacial score (nSPS) is 10.3. The van der Waals surface area contributed by atoms with Gasteiger partial charge in [-0.3, -0.25) is 15.1 Å². The van der Waals surface area contributed by atoms with Crippen LogP contribution in [0.1, 0.15) is 52.0 Å². The maximum atomic E-state index is 12.0. The van der Waals surface area contributed by atoms with Gasteiger partial charge in [0.2, 0.25) is 0 Å². The molecule has 2 rings (SSSR count). The first-order valence-electron chi connectivity index (χ1n) is 8.33. The summed E-state index contributed by atoms with van der Waals surface area (Å²) in [7, 11) is 0. The van der Waals surface area contributed by atoms with Gasteiger partial charge in [-0.25, -0.2) is 4.79 Å². The van der Waals surface area contributed by atoms with Crippen LogP contribution in [-0.2, 0) is 4.74 Å². The largest absolute Gasteiger partial charge is 0.444 e. The van der Waals surface area contributed by atoms with Crippen LogP contribution >= 0.6 is 0 Å². The number of carbonyl (C=O) groups is 2. The number of Topliss-reactive ketones (excluding diaryl/α,β-unsaturated/α-hetero) is 1. The highest BCUT2D eigenvalue weighted by Crippen LogP contribution is 2.24. The maximum Gasteiger partial charge on any atom is 0.412 e. The van der Waals surface area contributed by atoms with Crippen LogP contribution in [0.15, 0.2) is 42.6 Å². The molecule has 0 aliphatic rings. The number of benzene rings is 1. The van der Waals surface area contributed by atoms with Gasteiger partial charge in [-0.05, 0) is 32.4 Å². The fraction of sp³-hybridized carbons (Fsp3) is 0.350. The summed E-state index contributed by atoms with van der Waals surface area (Å²) in [6, 6.07) is 11.3. The SMILES string of the molecule is CC.CC(=O)c1ncc(-c2ccccc2)cc1NC(=O)OC(C)(C)C. The molecule has 5 heteroatoms. The molecule has 0 aliphatic carbocycles. The molecule has 0 spiro atoms. The zero-order valence-electron chi connectivity index (χ0n) is 15.7. The quantitative estimate of drug-likeness (QED) is 0.766. The van der Waals surface area contributed by atoms with Crippen LogP contribution in [0.2, 0.25) is 0 Å². The third-order valence-electron chi connectivity index (χ3n) is 2.96. The van der Waals surface area contributed by atoms with Crippen molar-refractivity contribution in [3.05, 3.63) is 48.3 Å². The molecule has 1 heterocycles. The second-order valence-corrected chi connectivity index (χ2v) is 6.17. The molecule has 25 heavy (non-hydrogen) atoms. The number of carbonyl (C=O) groups excluding carboxylic acids is 2. The average molecular weight is 342 g/mol. The Bertz CT molecular complexity index is 719. The van der Waals surface area contributed by atoms with Crippen LogP contribution < -0.4 is 5.32 Å². The minimum absolute atomic E-state index is 0.204. The highest BCUT2D eigenvalue weighted by atomic mass is 16.6. The average Bonchev–Trinajstić information content (AvgIpc) is 2.55. The molecule has 0 aliphatic heterocycles. The zero-order chi connectivity index (χ0) is 19.0. The highest BCUT2D eigenvalue weighted by Gasteiger charge is 2.19. The lowest BCUT2D eigenvalue weighted by Crippen LogP contribution is -2.27. The summed E-state index contributed by atoms with van der Waals surface area (Å²) >= 11 is 0. The summed E-state index contributed by atoms with van der Waals surface area (Å²) in [5.41, 5.74) is 1.68. The molecule has 1 amide bonds. The second kappa shape index (κ2) is 8.97. The number of ether oxygens (including phenoxy) is 1. The van der Waals surface area contributed by atoms with E-state index in [4.69, 9.17) is 4.74 Å². The molecule has 0 saturated carbocycles. The van der Waals surface area contributed by atoms with Crippen LogP contribution in [-0.4, -0.2) is 22.5 Å². The Kier molecular flexibility index (Phi) is 7.30. The Hall–Kier alpha value is -2.69. The number of nitrogens with zero attached hydrogens (tertiary/aromatic N) is 1. The van der Waals surface area contributed by atoms with Gasteiger partial charge in [0.15, 0.2) is 5.78 Å². The first-order valence-corrected chi connectivity index (χ1v) is 8.33. The molecule has 0 bridgehead atoms. The predicted octanol–water partition coefficient (Wildman–Crippen LogP) is 5.32. The lowest BCUT2D eigenvalue weighted by molar-refractivity contribution is 0.0636. The molecule has 0 fully saturated rings. The fourth-order valence-electron chi connectivity index (χ4n) is 2.04. The highest BCUT2D eigenvalue weighted by molar-refractivity contribution is 6.01. The van der Waals surface area contributed by atoms with Crippen molar-refractivity contribution in [1.82, 2.24) is 4.98 Å². The zero-order valence-corrected chi connectivity index (χ0v) is 15.7. The van der Waals surface area contributed by atoms with Crippen molar-refractivity contribution in [1.29, 1.82) is 0 Å². The fourth-order valence-corrected chi connectivity index (χ4v) is 2.04. The van der Waals surface area contributed by atoms with Crippen molar-refractivity contribution in [2.45, 2.75) is 47.1 Å². The van der Waals surface area contributed by atoms with Gasteiger partial charge >= 0.3 is 6.09 Å². The van der Waals surface area contributed by atoms with E-state index in [0.717, 1.165) is 11.1 Å². The van der Waals surface area contributed by atoms with Crippen LogP contribution in [0.25, 0.3) is 11.1 Å². The molecule has 1 N–H and O–H groups in total. The molecule has 0 unspecified atom stereocenters. The number of nitrogens with one attached hydrogen (secondary N) is 1. The Morgan fingerprint density at radius 2 is 1.64 bits per heavy atom. The third-order valence-corrected chi connectivity index (χ3v) is 2.96. The molecule has 0 atom stereocenters. The Morgan fingerprint density at radius 1 is 1.04 bits per heavy atom. The topological polar surface area (TPSA) is 68.3 Å². The minimum Gasteiger partial charge on any atom is -0.444 e. The van der Waals surface area contributed by atoms with Crippen molar-refractivity contribution in [3.63, 3.8) is 0 Å². The third kappa shape index (κ3) is 6.37. The standard InChI is InChI=1S/C18H20N2O3.C2H6/c1-12(21)16-15(20-17(22)23-18(2,3)4)10-14(11-19-16)13-8-6-5-7-9-13;1-2/h5-11H,1-4H3,(H,20,22);1-2H3. The van der Waals surface area contributed by atoms with E-state index in [9.17, 15) is 9.59 Å². The van der Waals surface area contributed by atoms with Gasteiger partial charge in [-0.15, -0.1) is 0 Å². The van der Waals surface area contributed by atoms with E-state index in [-0.39, 0.29) is 11.5 Å². The first-order chi connectivity index (χ1) is 11.8. The Morgan fingerprint density at radius 3 is 2.16 bits per heavy atom.